The lowest BCUT2D eigenvalue weighted by Gasteiger charge is -2.40. The van der Waals surface area contributed by atoms with Crippen LogP contribution >= 0.6 is 0 Å². The van der Waals surface area contributed by atoms with Gasteiger partial charge >= 0.3 is 0 Å². The first-order valence-corrected chi connectivity index (χ1v) is 7.00. The number of benzene rings is 1. The van der Waals surface area contributed by atoms with E-state index in [1.54, 1.807) is 0 Å². The summed E-state index contributed by atoms with van der Waals surface area (Å²) in [6, 6.07) is 9.19. The maximum Gasteiger partial charge on any atom is 0.0779 e. The molecule has 2 unspecified atom stereocenters. The van der Waals surface area contributed by atoms with Crippen molar-refractivity contribution in [2.75, 3.05) is 18.1 Å². The highest BCUT2D eigenvalue weighted by Crippen LogP contribution is 2.35. The first-order valence-electron chi connectivity index (χ1n) is 7.00. The average molecular weight is 246 g/mol. The van der Waals surface area contributed by atoms with Crippen molar-refractivity contribution >= 4 is 5.69 Å². The van der Waals surface area contributed by atoms with Gasteiger partial charge in [-0.15, -0.1) is 0 Å². The van der Waals surface area contributed by atoms with Crippen LogP contribution in [0, 0.1) is 0 Å². The molecular weight excluding hydrogens is 224 g/mol. The minimum atomic E-state index is 0.0869. The van der Waals surface area contributed by atoms with Gasteiger partial charge in [-0.05, 0) is 37.8 Å². The molecule has 0 spiro atoms. The molecule has 0 amide bonds. The highest BCUT2D eigenvalue weighted by Gasteiger charge is 2.36. The van der Waals surface area contributed by atoms with Gasteiger partial charge < -0.3 is 15.4 Å². The van der Waals surface area contributed by atoms with Crippen molar-refractivity contribution in [3.05, 3.63) is 29.8 Å². The fraction of sp³-hybridized carbons (Fsp3) is 0.600. The van der Waals surface area contributed by atoms with E-state index in [-0.39, 0.29) is 6.04 Å². The standard InChI is InChI=1S/C15H22N2O/c1-11(16)12-5-2-3-6-13(12)17-9-10-18-15-8-4-7-14(15)17/h2-3,5-6,11,14-15H,4,7-10,16H2,1H3/t11-,14?,15?/m1/s1. The van der Waals surface area contributed by atoms with E-state index in [4.69, 9.17) is 10.5 Å². The van der Waals surface area contributed by atoms with E-state index < -0.39 is 0 Å². The minimum absolute atomic E-state index is 0.0869. The topological polar surface area (TPSA) is 38.5 Å². The number of anilines is 1. The Morgan fingerprint density at radius 2 is 2.17 bits per heavy atom. The molecular formula is C15H22N2O. The van der Waals surface area contributed by atoms with Crippen molar-refractivity contribution < 1.29 is 4.74 Å². The molecule has 3 heteroatoms. The third-order valence-corrected chi connectivity index (χ3v) is 4.22. The lowest BCUT2D eigenvalue weighted by atomic mass is 10.0. The van der Waals surface area contributed by atoms with E-state index in [0.29, 0.717) is 12.1 Å². The van der Waals surface area contributed by atoms with Gasteiger partial charge in [0.05, 0.1) is 18.8 Å². The quantitative estimate of drug-likeness (QED) is 0.871. The SMILES string of the molecule is C[C@@H](N)c1ccccc1N1CCOC2CCCC21. The van der Waals surface area contributed by atoms with Gasteiger partial charge in [-0.3, -0.25) is 0 Å². The van der Waals surface area contributed by atoms with Crippen molar-refractivity contribution in [2.45, 2.75) is 44.4 Å². The molecule has 3 nitrogen and oxygen atoms in total. The molecule has 0 aromatic heterocycles. The second kappa shape index (κ2) is 4.90. The molecule has 3 atom stereocenters. The molecule has 3 rings (SSSR count). The summed E-state index contributed by atoms with van der Waals surface area (Å²) < 4.78 is 5.88. The van der Waals surface area contributed by atoms with Crippen LogP contribution in [-0.2, 0) is 4.74 Å². The van der Waals surface area contributed by atoms with Gasteiger partial charge in [0.25, 0.3) is 0 Å². The van der Waals surface area contributed by atoms with Gasteiger partial charge in [0.1, 0.15) is 0 Å². The van der Waals surface area contributed by atoms with Crippen LogP contribution in [0.15, 0.2) is 24.3 Å². The van der Waals surface area contributed by atoms with Gasteiger partial charge in [0.2, 0.25) is 0 Å². The van der Waals surface area contributed by atoms with Crippen LogP contribution < -0.4 is 10.6 Å². The number of nitrogens with zero attached hydrogens (tertiary/aromatic N) is 1. The molecule has 98 valence electrons. The van der Waals surface area contributed by atoms with Crippen molar-refractivity contribution in [3.8, 4) is 0 Å². The third-order valence-electron chi connectivity index (χ3n) is 4.22. The molecule has 0 bridgehead atoms. The molecule has 1 aliphatic carbocycles. The Bertz CT molecular complexity index is 419. The molecule has 1 saturated heterocycles. The summed E-state index contributed by atoms with van der Waals surface area (Å²) in [7, 11) is 0. The number of morpholine rings is 1. The number of rotatable bonds is 2. The van der Waals surface area contributed by atoms with Gasteiger partial charge in [-0.2, -0.15) is 0 Å². The number of ether oxygens (including phenoxy) is 1. The first kappa shape index (κ1) is 12.0. The summed E-state index contributed by atoms with van der Waals surface area (Å²) in [5.74, 6) is 0. The summed E-state index contributed by atoms with van der Waals surface area (Å²) >= 11 is 0. The van der Waals surface area contributed by atoms with E-state index in [2.05, 4.69) is 36.1 Å². The van der Waals surface area contributed by atoms with Gasteiger partial charge in [-0.25, -0.2) is 0 Å². The molecule has 1 aliphatic heterocycles. The van der Waals surface area contributed by atoms with Crippen LogP contribution in [0.1, 0.15) is 37.8 Å². The summed E-state index contributed by atoms with van der Waals surface area (Å²) in [4.78, 5) is 2.53. The number of nitrogens with two attached hydrogens (primary N) is 1. The average Bonchev–Trinajstić information content (AvgIpc) is 2.86. The Kier molecular flexibility index (Phi) is 3.27. The summed E-state index contributed by atoms with van der Waals surface area (Å²) in [6.45, 7) is 3.89. The Hall–Kier alpha value is -1.06. The van der Waals surface area contributed by atoms with Crippen LogP contribution in [0.4, 0.5) is 5.69 Å². The molecule has 1 saturated carbocycles. The minimum Gasteiger partial charge on any atom is -0.374 e. The normalized spacial score (nSPS) is 29.1. The predicted molar refractivity (Wildman–Crippen MR) is 73.8 cm³/mol. The number of hydrogen-bond donors (Lipinski definition) is 1. The Morgan fingerprint density at radius 1 is 1.33 bits per heavy atom. The maximum absolute atomic E-state index is 6.10. The summed E-state index contributed by atoms with van der Waals surface area (Å²) in [5.41, 5.74) is 8.67. The van der Waals surface area contributed by atoms with Crippen LogP contribution in [-0.4, -0.2) is 25.3 Å². The second-order valence-electron chi connectivity index (χ2n) is 5.45. The van der Waals surface area contributed by atoms with Crippen LogP contribution in [0.2, 0.25) is 0 Å². The first-order chi connectivity index (χ1) is 8.77. The van der Waals surface area contributed by atoms with E-state index >= 15 is 0 Å². The molecule has 2 fully saturated rings. The van der Waals surface area contributed by atoms with Gasteiger partial charge in [0.15, 0.2) is 0 Å². The van der Waals surface area contributed by atoms with Gasteiger partial charge in [-0.1, -0.05) is 18.2 Å². The van der Waals surface area contributed by atoms with Crippen LogP contribution in [0.25, 0.3) is 0 Å². The molecule has 1 aromatic rings. The highest BCUT2D eigenvalue weighted by molar-refractivity contribution is 5.56. The van der Waals surface area contributed by atoms with Crippen molar-refractivity contribution in [1.29, 1.82) is 0 Å². The molecule has 2 aliphatic rings. The zero-order chi connectivity index (χ0) is 12.5. The molecule has 1 aromatic carbocycles. The molecule has 18 heavy (non-hydrogen) atoms. The highest BCUT2D eigenvalue weighted by atomic mass is 16.5. The smallest absolute Gasteiger partial charge is 0.0779 e. The lowest BCUT2D eigenvalue weighted by molar-refractivity contribution is 0.0255. The second-order valence-corrected chi connectivity index (χ2v) is 5.45. The van der Waals surface area contributed by atoms with Crippen molar-refractivity contribution in [1.82, 2.24) is 0 Å². The Morgan fingerprint density at radius 3 is 3.00 bits per heavy atom. The monoisotopic (exact) mass is 246 g/mol. The van der Waals surface area contributed by atoms with Crippen molar-refractivity contribution in [3.63, 3.8) is 0 Å². The lowest BCUT2D eigenvalue weighted by Crippen LogP contribution is -2.49. The summed E-state index contributed by atoms with van der Waals surface area (Å²) in [6.07, 6.45) is 4.17. The number of fused-ring (bicyclic) bond motifs is 1. The third kappa shape index (κ3) is 2.02. The fourth-order valence-electron chi connectivity index (χ4n) is 3.36. The van der Waals surface area contributed by atoms with Gasteiger partial charge in [0, 0.05) is 18.3 Å². The van der Waals surface area contributed by atoms with Crippen LogP contribution in [0.3, 0.4) is 0 Å². The van der Waals surface area contributed by atoms with E-state index in [0.717, 1.165) is 13.2 Å². The van der Waals surface area contributed by atoms with E-state index in [9.17, 15) is 0 Å². The summed E-state index contributed by atoms with van der Waals surface area (Å²) in [5, 5.41) is 0. The Labute approximate surface area is 109 Å². The van der Waals surface area contributed by atoms with Crippen LogP contribution in [0.5, 0.6) is 0 Å². The largest absolute Gasteiger partial charge is 0.374 e. The Balaban J connectivity index is 1.93. The van der Waals surface area contributed by atoms with E-state index in [1.165, 1.54) is 30.5 Å². The zero-order valence-corrected chi connectivity index (χ0v) is 11.0. The fourth-order valence-corrected chi connectivity index (χ4v) is 3.36. The molecule has 1 heterocycles. The van der Waals surface area contributed by atoms with E-state index in [1.807, 2.05) is 0 Å². The predicted octanol–water partition coefficient (Wildman–Crippen LogP) is 2.46. The number of para-hydroxylation sites is 1. The molecule has 0 radical (unpaired) electrons. The molecule has 2 N–H and O–H groups in total. The zero-order valence-electron chi connectivity index (χ0n) is 11.0. The number of hydrogen-bond acceptors (Lipinski definition) is 3. The van der Waals surface area contributed by atoms with Crippen molar-refractivity contribution in [2.24, 2.45) is 5.73 Å². The maximum atomic E-state index is 6.10.